The van der Waals surface area contributed by atoms with E-state index in [0.717, 1.165) is 49.3 Å². The number of hydrogen-bond acceptors (Lipinski definition) is 4. The SMILES string of the molecule is COc1cc(Cl)c(-c2nc(C#C[C@@H](N)C(CC3CC3)c3ccc(Br)cc3)sc2C)cc1C.Cl. The summed E-state index contributed by atoms with van der Waals surface area (Å²) in [6.45, 7) is 4.05. The number of thiazole rings is 1. The monoisotopic (exact) mass is 564 g/mol. The minimum atomic E-state index is -0.240. The number of rotatable bonds is 6. The van der Waals surface area contributed by atoms with E-state index in [1.54, 1.807) is 18.4 Å². The van der Waals surface area contributed by atoms with Crippen molar-refractivity contribution in [3.05, 3.63) is 66.9 Å². The van der Waals surface area contributed by atoms with Crippen LogP contribution in [-0.4, -0.2) is 18.1 Å². The van der Waals surface area contributed by atoms with Crippen LogP contribution in [0, 0.1) is 31.6 Å². The molecule has 1 aliphatic rings. The maximum atomic E-state index is 6.60. The van der Waals surface area contributed by atoms with Gasteiger partial charge in [0, 0.05) is 20.8 Å². The van der Waals surface area contributed by atoms with Crippen LogP contribution < -0.4 is 10.5 Å². The van der Waals surface area contributed by atoms with E-state index in [9.17, 15) is 0 Å². The Labute approximate surface area is 219 Å². The molecular formula is C26H27BrCl2N2OS. The molecule has 2 aromatic carbocycles. The standard InChI is InChI=1S/C26H26BrClN2OS.ClH/c1-15-12-21(22(28)14-24(15)31-3)26-16(2)32-25(30-26)11-10-23(29)20(13-17-4-5-17)18-6-8-19(27)9-7-18;/h6-9,12,14,17,20,23H,4-5,13,29H2,1-3H3;1H/t20?,23-;/m1./s1. The number of ether oxygens (including phenoxy) is 1. The molecule has 0 amide bonds. The van der Waals surface area contributed by atoms with E-state index in [-0.39, 0.29) is 24.4 Å². The minimum Gasteiger partial charge on any atom is -0.496 e. The number of nitrogens with two attached hydrogens (primary N) is 1. The molecule has 3 nitrogen and oxygen atoms in total. The quantitative estimate of drug-likeness (QED) is 0.314. The Hall–Kier alpha value is -1.55. The molecule has 0 spiro atoms. The Morgan fingerprint density at radius 1 is 1.24 bits per heavy atom. The Kier molecular flexibility index (Phi) is 8.89. The summed E-state index contributed by atoms with van der Waals surface area (Å²) in [5.41, 5.74) is 10.6. The summed E-state index contributed by atoms with van der Waals surface area (Å²) in [4.78, 5) is 5.86. The van der Waals surface area contributed by atoms with Crippen LogP contribution in [0.15, 0.2) is 40.9 Å². The fourth-order valence-electron chi connectivity index (χ4n) is 3.92. The molecule has 1 heterocycles. The van der Waals surface area contributed by atoms with Gasteiger partial charge in [-0.2, -0.15) is 0 Å². The highest BCUT2D eigenvalue weighted by Gasteiger charge is 2.29. The molecule has 7 heteroatoms. The summed E-state index contributed by atoms with van der Waals surface area (Å²) >= 11 is 11.6. The molecule has 1 unspecified atom stereocenters. The van der Waals surface area contributed by atoms with Crippen LogP contribution in [0.1, 0.15) is 46.2 Å². The third-order valence-corrected chi connectivity index (χ3v) is 7.63. The van der Waals surface area contributed by atoms with Gasteiger partial charge < -0.3 is 10.5 Å². The summed E-state index contributed by atoms with van der Waals surface area (Å²) in [6.07, 6.45) is 3.68. The van der Waals surface area contributed by atoms with Crippen molar-refractivity contribution in [2.75, 3.05) is 7.11 Å². The van der Waals surface area contributed by atoms with Gasteiger partial charge in [-0.15, -0.1) is 23.7 Å². The lowest BCUT2D eigenvalue weighted by molar-refractivity contribution is 0.412. The highest BCUT2D eigenvalue weighted by Crippen LogP contribution is 2.40. The van der Waals surface area contributed by atoms with Crippen LogP contribution in [0.2, 0.25) is 5.02 Å². The summed E-state index contributed by atoms with van der Waals surface area (Å²) < 4.78 is 6.45. The van der Waals surface area contributed by atoms with Crippen LogP contribution in [0.3, 0.4) is 0 Å². The molecule has 3 aromatic rings. The van der Waals surface area contributed by atoms with Gasteiger partial charge in [-0.25, -0.2) is 4.98 Å². The Morgan fingerprint density at radius 3 is 2.58 bits per heavy atom. The molecule has 1 aromatic heterocycles. The molecule has 33 heavy (non-hydrogen) atoms. The van der Waals surface area contributed by atoms with E-state index in [0.29, 0.717) is 5.02 Å². The van der Waals surface area contributed by atoms with E-state index in [2.05, 4.69) is 52.0 Å². The first-order valence-electron chi connectivity index (χ1n) is 10.7. The zero-order chi connectivity index (χ0) is 22.8. The molecule has 0 aliphatic heterocycles. The largest absolute Gasteiger partial charge is 0.496 e. The number of benzene rings is 2. The first kappa shape index (κ1) is 26.1. The molecule has 4 rings (SSSR count). The van der Waals surface area contributed by atoms with Crippen molar-refractivity contribution in [2.45, 2.75) is 45.1 Å². The van der Waals surface area contributed by atoms with Crippen molar-refractivity contribution in [3.8, 4) is 28.8 Å². The zero-order valence-electron chi connectivity index (χ0n) is 18.8. The number of aryl methyl sites for hydroxylation is 2. The topological polar surface area (TPSA) is 48.1 Å². The zero-order valence-corrected chi connectivity index (χ0v) is 22.8. The van der Waals surface area contributed by atoms with Crippen LogP contribution in [0.5, 0.6) is 5.75 Å². The molecule has 1 saturated carbocycles. The van der Waals surface area contributed by atoms with Crippen LogP contribution >= 0.6 is 51.3 Å². The minimum absolute atomic E-state index is 0. The first-order valence-corrected chi connectivity index (χ1v) is 12.7. The smallest absolute Gasteiger partial charge is 0.167 e. The first-order chi connectivity index (χ1) is 15.4. The van der Waals surface area contributed by atoms with Crippen molar-refractivity contribution < 1.29 is 4.74 Å². The van der Waals surface area contributed by atoms with Crippen LogP contribution in [0.25, 0.3) is 11.3 Å². The normalized spacial score (nSPS) is 14.6. The van der Waals surface area contributed by atoms with Crippen molar-refractivity contribution in [1.82, 2.24) is 4.98 Å². The third-order valence-electron chi connectivity index (χ3n) is 5.90. The van der Waals surface area contributed by atoms with Gasteiger partial charge in [0.05, 0.1) is 23.9 Å². The lowest BCUT2D eigenvalue weighted by Crippen LogP contribution is -2.27. The van der Waals surface area contributed by atoms with Crippen molar-refractivity contribution in [3.63, 3.8) is 0 Å². The predicted molar refractivity (Wildman–Crippen MR) is 145 cm³/mol. The lowest BCUT2D eigenvalue weighted by atomic mass is 9.87. The average Bonchev–Trinajstić information content (AvgIpc) is 3.52. The van der Waals surface area contributed by atoms with Crippen LogP contribution in [-0.2, 0) is 0 Å². The van der Waals surface area contributed by atoms with E-state index in [4.69, 9.17) is 27.1 Å². The second-order valence-electron chi connectivity index (χ2n) is 8.36. The number of aromatic nitrogens is 1. The number of halogens is 3. The maximum Gasteiger partial charge on any atom is 0.167 e. The third kappa shape index (κ3) is 6.32. The van der Waals surface area contributed by atoms with Gasteiger partial charge in [0.15, 0.2) is 5.01 Å². The van der Waals surface area contributed by atoms with E-state index in [1.165, 1.54) is 18.4 Å². The summed E-state index contributed by atoms with van der Waals surface area (Å²) in [5.74, 6) is 8.30. The summed E-state index contributed by atoms with van der Waals surface area (Å²) in [7, 11) is 1.65. The average molecular weight is 566 g/mol. The molecule has 0 saturated heterocycles. The molecule has 2 N–H and O–H groups in total. The number of methoxy groups -OCH3 is 1. The van der Waals surface area contributed by atoms with E-state index in [1.807, 2.05) is 26.0 Å². The Morgan fingerprint density at radius 2 is 1.94 bits per heavy atom. The highest BCUT2D eigenvalue weighted by atomic mass is 79.9. The van der Waals surface area contributed by atoms with Crippen molar-refractivity contribution in [2.24, 2.45) is 11.7 Å². The van der Waals surface area contributed by atoms with E-state index < -0.39 is 0 Å². The van der Waals surface area contributed by atoms with Crippen molar-refractivity contribution >= 4 is 51.3 Å². The number of hydrogen-bond donors (Lipinski definition) is 1. The van der Waals surface area contributed by atoms with Crippen LogP contribution in [0.4, 0.5) is 0 Å². The van der Waals surface area contributed by atoms with Gasteiger partial charge in [-0.3, -0.25) is 0 Å². The van der Waals surface area contributed by atoms with Gasteiger partial charge in [0.1, 0.15) is 5.75 Å². The fraction of sp³-hybridized carbons (Fsp3) is 0.346. The van der Waals surface area contributed by atoms with Gasteiger partial charge in [0.25, 0.3) is 0 Å². The summed E-state index contributed by atoms with van der Waals surface area (Å²) in [6, 6.07) is 12.1. The number of nitrogens with zero attached hydrogens (tertiary/aromatic N) is 1. The molecule has 0 radical (unpaired) electrons. The molecule has 174 valence electrons. The van der Waals surface area contributed by atoms with Crippen molar-refractivity contribution in [1.29, 1.82) is 0 Å². The van der Waals surface area contributed by atoms with Gasteiger partial charge >= 0.3 is 0 Å². The molecule has 0 bridgehead atoms. The maximum absolute atomic E-state index is 6.60. The summed E-state index contributed by atoms with van der Waals surface area (Å²) in [5, 5.41) is 1.38. The second kappa shape index (κ2) is 11.3. The molecular weight excluding hydrogens is 539 g/mol. The second-order valence-corrected chi connectivity index (χ2v) is 10.9. The van der Waals surface area contributed by atoms with Gasteiger partial charge in [0.2, 0.25) is 0 Å². The van der Waals surface area contributed by atoms with E-state index >= 15 is 0 Å². The molecule has 1 fully saturated rings. The lowest BCUT2D eigenvalue weighted by Gasteiger charge is -2.20. The predicted octanol–water partition coefficient (Wildman–Crippen LogP) is 7.54. The Balaban J connectivity index is 0.00000306. The molecule has 1 aliphatic carbocycles. The van der Waals surface area contributed by atoms with Gasteiger partial charge in [-0.1, -0.05) is 58.4 Å². The highest BCUT2D eigenvalue weighted by molar-refractivity contribution is 9.10. The van der Waals surface area contributed by atoms with Gasteiger partial charge in [-0.05, 0) is 67.5 Å². The fourth-order valence-corrected chi connectivity index (χ4v) is 5.22. The Bertz CT molecular complexity index is 1180. The molecule has 2 atom stereocenters.